The third-order valence-electron chi connectivity index (χ3n) is 5.94. The lowest BCUT2D eigenvalue weighted by atomic mass is 9.97. The summed E-state index contributed by atoms with van der Waals surface area (Å²) < 4.78 is 54.5. The standard InChI is InChI=1S/C20H32N4O5S2/c21-20(25)17-6-4-12-23(16-17)13-5-11-22-30(26,27)18-7-9-19(10-8-18)31(28,29)24-14-2-1-3-15-24/h7-10,17,22H,1-6,11-16H2,(H2,21,25). The van der Waals surface area contributed by atoms with Crippen LogP contribution in [0.2, 0.25) is 0 Å². The summed E-state index contributed by atoms with van der Waals surface area (Å²) in [5, 5.41) is 0. The van der Waals surface area contributed by atoms with Gasteiger partial charge in [-0.1, -0.05) is 6.42 Å². The van der Waals surface area contributed by atoms with E-state index in [4.69, 9.17) is 5.73 Å². The van der Waals surface area contributed by atoms with Crippen LogP contribution in [-0.2, 0) is 24.8 Å². The van der Waals surface area contributed by atoms with Crippen molar-refractivity contribution in [3.05, 3.63) is 24.3 Å². The first-order valence-corrected chi connectivity index (χ1v) is 13.7. The fourth-order valence-electron chi connectivity index (χ4n) is 4.13. The Hall–Kier alpha value is -1.53. The maximum Gasteiger partial charge on any atom is 0.243 e. The van der Waals surface area contributed by atoms with E-state index in [2.05, 4.69) is 9.62 Å². The van der Waals surface area contributed by atoms with E-state index in [-0.39, 0.29) is 28.2 Å². The number of hydrogen-bond donors (Lipinski definition) is 2. The molecule has 2 fully saturated rings. The van der Waals surface area contributed by atoms with Crippen molar-refractivity contribution in [1.29, 1.82) is 0 Å². The maximum atomic E-state index is 12.7. The molecule has 174 valence electrons. The monoisotopic (exact) mass is 472 g/mol. The van der Waals surface area contributed by atoms with Gasteiger partial charge >= 0.3 is 0 Å². The molecule has 0 bridgehead atoms. The van der Waals surface area contributed by atoms with E-state index in [9.17, 15) is 21.6 Å². The summed E-state index contributed by atoms with van der Waals surface area (Å²) in [6, 6.07) is 5.38. The highest BCUT2D eigenvalue weighted by Gasteiger charge is 2.27. The molecule has 0 spiro atoms. The number of piperidine rings is 2. The quantitative estimate of drug-likeness (QED) is 0.510. The Balaban J connectivity index is 1.52. The second-order valence-electron chi connectivity index (χ2n) is 8.23. The molecule has 3 N–H and O–H groups in total. The second-order valence-corrected chi connectivity index (χ2v) is 11.9. The maximum absolute atomic E-state index is 12.7. The smallest absolute Gasteiger partial charge is 0.243 e. The van der Waals surface area contributed by atoms with E-state index in [1.54, 1.807) is 0 Å². The molecule has 11 heteroatoms. The molecular formula is C20H32N4O5S2. The van der Waals surface area contributed by atoms with Crippen LogP contribution in [0.1, 0.15) is 38.5 Å². The van der Waals surface area contributed by atoms with E-state index in [1.807, 2.05) is 0 Å². The first kappa shape index (κ1) is 24.1. The Morgan fingerprint density at radius 2 is 1.61 bits per heavy atom. The SMILES string of the molecule is NC(=O)C1CCCN(CCCNS(=O)(=O)c2ccc(S(=O)(=O)N3CCCCC3)cc2)C1. The Kier molecular flexibility index (Phi) is 8.08. The van der Waals surface area contributed by atoms with Crippen LogP contribution >= 0.6 is 0 Å². The number of nitrogens with zero attached hydrogens (tertiary/aromatic N) is 2. The van der Waals surface area contributed by atoms with Gasteiger partial charge in [-0.2, -0.15) is 4.31 Å². The molecule has 2 heterocycles. The molecule has 1 aromatic rings. The Morgan fingerprint density at radius 1 is 0.968 bits per heavy atom. The average molecular weight is 473 g/mol. The number of primary amides is 1. The Morgan fingerprint density at radius 3 is 2.26 bits per heavy atom. The lowest BCUT2D eigenvalue weighted by Gasteiger charge is -2.31. The number of carbonyl (C=O) groups is 1. The molecule has 31 heavy (non-hydrogen) atoms. The van der Waals surface area contributed by atoms with Crippen molar-refractivity contribution in [3.8, 4) is 0 Å². The van der Waals surface area contributed by atoms with Gasteiger partial charge in [-0.3, -0.25) is 4.79 Å². The van der Waals surface area contributed by atoms with Gasteiger partial charge < -0.3 is 10.6 Å². The van der Waals surface area contributed by atoms with Gasteiger partial charge in [0.1, 0.15) is 0 Å². The molecule has 0 radical (unpaired) electrons. The number of sulfonamides is 2. The van der Waals surface area contributed by atoms with Crippen LogP contribution in [0.15, 0.2) is 34.1 Å². The van der Waals surface area contributed by atoms with E-state index in [0.29, 0.717) is 32.6 Å². The van der Waals surface area contributed by atoms with Crippen molar-refractivity contribution >= 4 is 26.0 Å². The number of carbonyl (C=O) groups excluding carboxylic acids is 1. The highest BCUT2D eigenvalue weighted by Crippen LogP contribution is 2.22. The minimum Gasteiger partial charge on any atom is -0.369 e. The third kappa shape index (κ3) is 6.26. The molecule has 0 aliphatic carbocycles. The van der Waals surface area contributed by atoms with Crippen LogP contribution in [0.4, 0.5) is 0 Å². The van der Waals surface area contributed by atoms with Gasteiger partial charge in [0.05, 0.1) is 15.7 Å². The number of rotatable bonds is 9. The molecule has 0 aromatic heterocycles. The molecule has 0 saturated carbocycles. The van der Waals surface area contributed by atoms with Gasteiger partial charge in [0.15, 0.2) is 0 Å². The van der Waals surface area contributed by atoms with Crippen molar-refractivity contribution in [2.75, 3.05) is 39.3 Å². The lowest BCUT2D eigenvalue weighted by molar-refractivity contribution is -0.123. The predicted octanol–water partition coefficient (Wildman–Crippen LogP) is 0.727. The highest BCUT2D eigenvalue weighted by molar-refractivity contribution is 7.89. The highest BCUT2D eigenvalue weighted by atomic mass is 32.2. The summed E-state index contributed by atoms with van der Waals surface area (Å²) >= 11 is 0. The number of nitrogens with two attached hydrogens (primary N) is 1. The van der Waals surface area contributed by atoms with E-state index < -0.39 is 20.0 Å². The van der Waals surface area contributed by atoms with Gasteiger partial charge in [0.2, 0.25) is 26.0 Å². The van der Waals surface area contributed by atoms with Gasteiger partial charge in [-0.15, -0.1) is 0 Å². The summed E-state index contributed by atoms with van der Waals surface area (Å²) in [5.41, 5.74) is 5.39. The molecule has 3 rings (SSSR count). The van der Waals surface area contributed by atoms with Gasteiger partial charge in [0.25, 0.3) is 0 Å². The zero-order valence-electron chi connectivity index (χ0n) is 17.7. The summed E-state index contributed by atoms with van der Waals surface area (Å²) in [6.07, 6.45) is 5.03. The minimum atomic E-state index is -3.73. The fraction of sp³-hybridized carbons (Fsp3) is 0.650. The predicted molar refractivity (Wildman–Crippen MR) is 117 cm³/mol. The summed E-state index contributed by atoms with van der Waals surface area (Å²) in [4.78, 5) is 13.6. The molecule has 1 atom stereocenters. The fourth-order valence-corrected chi connectivity index (χ4v) is 6.72. The van der Waals surface area contributed by atoms with Gasteiger partial charge in [-0.05, 0) is 69.5 Å². The van der Waals surface area contributed by atoms with Crippen LogP contribution in [0, 0.1) is 5.92 Å². The first-order chi connectivity index (χ1) is 14.7. The number of amides is 1. The summed E-state index contributed by atoms with van der Waals surface area (Å²) in [6.45, 7) is 3.44. The van der Waals surface area contributed by atoms with Gasteiger partial charge in [0, 0.05) is 26.2 Å². The zero-order valence-corrected chi connectivity index (χ0v) is 19.3. The van der Waals surface area contributed by atoms with E-state index in [0.717, 1.165) is 38.6 Å². The molecule has 1 amide bonds. The van der Waals surface area contributed by atoms with Crippen LogP contribution < -0.4 is 10.5 Å². The van der Waals surface area contributed by atoms with E-state index >= 15 is 0 Å². The van der Waals surface area contributed by atoms with Crippen LogP contribution in [0.25, 0.3) is 0 Å². The van der Waals surface area contributed by atoms with Crippen molar-refractivity contribution in [2.24, 2.45) is 11.7 Å². The van der Waals surface area contributed by atoms with Crippen LogP contribution in [-0.4, -0.2) is 71.2 Å². The lowest BCUT2D eigenvalue weighted by Crippen LogP contribution is -2.42. The summed E-state index contributed by atoms with van der Waals surface area (Å²) in [7, 11) is -7.31. The number of nitrogens with one attached hydrogen (secondary N) is 1. The molecule has 2 saturated heterocycles. The van der Waals surface area contributed by atoms with Gasteiger partial charge in [-0.25, -0.2) is 21.6 Å². The molecule has 1 aromatic carbocycles. The average Bonchev–Trinajstić information content (AvgIpc) is 2.77. The number of hydrogen-bond acceptors (Lipinski definition) is 6. The Labute approximate surface area is 185 Å². The third-order valence-corrected chi connectivity index (χ3v) is 9.33. The van der Waals surface area contributed by atoms with Crippen LogP contribution in [0.5, 0.6) is 0 Å². The Bertz CT molecular complexity index is 958. The molecule has 9 nitrogen and oxygen atoms in total. The molecular weight excluding hydrogens is 440 g/mol. The van der Waals surface area contributed by atoms with E-state index in [1.165, 1.54) is 28.6 Å². The second kappa shape index (κ2) is 10.4. The number of benzene rings is 1. The van der Waals surface area contributed by atoms with Crippen LogP contribution in [0.3, 0.4) is 0 Å². The molecule has 2 aliphatic heterocycles. The van der Waals surface area contributed by atoms with Crippen molar-refractivity contribution in [1.82, 2.24) is 13.9 Å². The largest absolute Gasteiger partial charge is 0.369 e. The summed E-state index contributed by atoms with van der Waals surface area (Å²) in [5.74, 6) is -0.415. The minimum absolute atomic E-state index is 0.0388. The number of likely N-dealkylation sites (tertiary alicyclic amines) is 1. The van der Waals surface area contributed by atoms with Crippen molar-refractivity contribution in [3.63, 3.8) is 0 Å². The molecule has 2 aliphatic rings. The first-order valence-electron chi connectivity index (χ1n) is 10.8. The topological polar surface area (TPSA) is 130 Å². The van der Waals surface area contributed by atoms with Crippen molar-refractivity contribution < 1.29 is 21.6 Å². The molecule has 1 unspecified atom stereocenters. The zero-order chi connectivity index (χ0) is 22.5. The normalized spacial score (nSPS) is 21.7. The van der Waals surface area contributed by atoms with Crippen molar-refractivity contribution in [2.45, 2.75) is 48.3 Å².